The predicted molar refractivity (Wildman–Crippen MR) is 97.0 cm³/mol. The normalized spacial score (nSPS) is 12.3. The number of benzene rings is 2. The van der Waals surface area contributed by atoms with Crippen molar-refractivity contribution in [3.63, 3.8) is 0 Å². The van der Waals surface area contributed by atoms with E-state index in [0.717, 1.165) is 36.0 Å². The Hall–Kier alpha value is -0.260. The molecule has 2 rings (SSSR count). The minimum absolute atomic E-state index is 0.228. The zero-order valence-corrected chi connectivity index (χ0v) is 16.0. The number of methoxy groups -OCH3 is 1. The summed E-state index contributed by atoms with van der Waals surface area (Å²) in [4.78, 5) is 0. The van der Waals surface area contributed by atoms with Crippen LogP contribution in [0.5, 0.6) is 5.75 Å². The topological polar surface area (TPSA) is 9.23 Å². The molecule has 0 radical (unpaired) electrons. The minimum Gasteiger partial charge on any atom is -0.496 e. The van der Waals surface area contributed by atoms with Gasteiger partial charge in [0.15, 0.2) is 0 Å². The Kier molecular flexibility index (Phi) is 5.37. The van der Waals surface area contributed by atoms with E-state index in [-0.39, 0.29) is 5.38 Å². The number of rotatable bonds is 3. The molecule has 1 atom stereocenters. The van der Waals surface area contributed by atoms with Crippen LogP contribution in [0.3, 0.4) is 0 Å². The lowest BCUT2D eigenvalue weighted by atomic mass is 9.96. The summed E-state index contributed by atoms with van der Waals surface area (Å²) in [7, 11) is 1.69. The molecule has 0 bridgehead atoms. The first kappa shape index (κ1) is 16.1. The number of ether oxygens (including phenoxy) is 1. The highest BCUT2D eigenvalue weighted by atomic mass is 127. The molecule has 1 unspecified atom stereocenters. The van der Waals surface area contributed by atoms with E-state index in [2.05, 4.69) is 63.6 Å². The van der Waals surface area contributed by atoms with Crippen LogP contribution in [-0.4, -0.2) is 7.11 Å². The second-order valence-corrected chi connectivity index (χ2v) is 7.08. The van der Waals surface area contributed by atoms with E-state index < -0.39 is 0 Å². The molecule has 2 aromatic carbocycles. The summed E-state index contributed by atoms with van der Waals surface area (Å²) >= 11 is 12.7. The van der Waals surface area contributed by atoms with Crippen LogP contribution in [0.4, 0.5) is 0 Å². The van der Waals surface area contributed by atoms with Crippen LogP contribution in [0.2, 0.25) is 0 Å². The van der Waals surface area contributed by atoms with Crippen LogP contribution in [0.15, 0.2) is 34.8 Å². The maximum atomic E-state index is 6.76. The number of alkyl halides is 1. The maximum Gasteiger partial charge on any atom is 0.127 e. The van der Waals surface area contributed by atoms with Crippen LogP contribution in [0.25, 0.3) is 0 Å². The standard InChI is InChI=1S/C16H15BrClIO/c1-9-8-12(17)10(2)14(16(9)20-3)15(18)11-6-4-5-7-13(11)19/h4-8,15H,1-3H3. The summed E-state index contributed by atoms with van der Waals surface area (Å²) in [6.07, 6.45) is 0. The molecule has 4 heteroatoms. The molecule has 0 saturated carbocycles. The van der Waals surface area contributed by atoms with Crippen LogP contribution in [-0.2, 0) is 0 Å². The van der Waals surface area contributed by atoms with Crippen LogP contribution >= 0.6 is 50.1 Å². The quantitative estimate of drug-likeness (QED) is 0.399. The van der Waals surface area contributed by atoms with Gasteiger partial charge in [-0.2, -0.15) is 0 Å². The van der Waals surface area contributed by atoms with Gasteiger partial charge >= 0.3 is 0 Å². The van der Waals surface area contributed by atoms with Gasteiger partial charge in [-0.1, -0.05) is 34.1 Å². The summed E-state index contributed by atoms with van der Waals surface area (Å²) in [6.45, 7) is 4.10. The third-order valence-corrected chi connectivity index (χ3v) is 5.60. The lowest BCUT2D eigenvalue weighted by molar-refractivity contribution is 0.406. The van der Waals surface area contributed by atoms with E-state index in [1.165, 1.54) is 0 Å². The van der Waals surface area contributed by atoms with E-state index >= 15 is 0 Å². The Labute approximate surface area is 146 Å². The van der Waals surface area contributed by atoms with Crippen LogP contribution in [0, 0.1) is 17.4 Å². The Morgan fingerprint density at radius 1 is 1.25 bits per heavy atom. The van der Waals surface area contributed by atoms with Crippen molar-refractivity contribution in [3.05, 3.63) is 60.6 Å². The number of hydrogen-bond acceptors (Lipinski definition) is 1. The fourth-order valence-electron chi connectivity index (χ4n) is 2.29. The maximum absolute atomic E-state index is 6.76. The summed E-state index contributed by atoms with van der Waals surface area (Å²) in [6, 6.07) is 10.2. The molecule has 0 spiro atoms. The summed E-state index contributed by atoms with van der Waals surface area (Å²) < 4.78 is 7.80. The van der Waals surface area contributed by atoms with Crippen molar-refractivity contribution in [1.29, 1.82) is 0 Å². The molecule has 2 aromatic rings. The van der Waals surface area contributed by atoms with Gasteiger partial charge in [0.05, 0.1) is 12.5 Å². The average molecular weight is 466 g/mol. The Balaban J connectivity index is 2.66. The zero-order valence-electron chi connectivity index (χ0n) is 11.5. The highest BCUT2D eigenvalue weighted by molar-refractivity contribution is 14.1. The van der Waals surface area contributed by atoms with Gasteiger partial charge in [-0.05, 0) is 65.3 Å². The van der Waals surface area contributed by atoms with Crippen molar-refractivity contribution in [2.75, 3.05) is 7.11 Å². The van der Waals surface area contributed by atoms with E-state index in [1.807, 2.05) is 19.1 Å². The van der Waals surface area contributed by atoms with Crippen molar-refractivity contribution < 1.29 is 4.74 Å². The molecular formula is C16H15BrClIO. The van der Waals surface area contributed by atoms with Crippen LogP contribution in [0.1, 0.15) is 27.6 Å². The van der Waals surface area contributed by atoms with Gasteiger partial charge in [0, 0.05) is 13.6 Å². The second-order valence-electron chi connectivity index (χ2n) is 4.63. The van der Waals surface area contributed by atoms with Gasteiger partial charge in [-0.15, -0.1) is 11.6 Å². The van der Waals surface area contributed by atoms with E-state index in [4.69, 9.17) is 16.3 Å². The highest BCUT2D eigenvalue weighted by Crippen LogP contribution is 2.42. The van der Waals surface area contributed by atoms with Gasteiger partial charge in [0.25, 0.3) is 0 Å². The molecule has 1 nitrogen and oxygen atoms in total. The highest BCUT2D eigenvalue weighted by Gasteiger charge is 2.22. The van der Waals surface area contributed by atoms with E-state index in [9.17, 15) is 0 Å². The fraction of sp³-hybridized carbons (Fsp3) is 0.250. The van der Waals surface area contributed by atoms with E-state index in [0.29, 0.717) is 0 Å². The second kappa shape index (κ2) is 6.67. The van der Waals surface area contributed by atoms with E-state index in [1.54, 1.807) is 7.11 Å². The molecule has 0 aliphatic carbocycles. The Bertz CT molecular complexity index is 643. The van der Waals surface area contributed by atoms with Crippen molar-refractivity contribution in [2.24, 2.45) is 0 Å². The summed E-state index contributed by atoms with van der Waals surface area (Å²) in [5.41, 5.74) is 4.34. The zero-order chi connectivity index (χ0) is 14.9. The molecule has 0 N–H and O–H groups in total. The lowest BCUT2D eigenvalue weighted by Crippen LogP contribution is -2.04. The summed E-state index contributed by atoms with van der Waals surface area (Å²) in [5, 5.41) is -0.228. The molecule has 0 amide bonds. The molecule has 106 valence electrons. The smallest absolute Gasteiger partial charge is 0.127 e. The van der Waals surface area contributed by atoms with Gasteiger partial charge in [-0.3, -0.25) is 0 Å². The third kappa shape index (κ3) is 3.00. The van der Waals surface area contributed by atoms with Crippen molar-refractivity contribution in [1.82, 2.24) is 0 Å². The Morgan fingerprint density at radius 3 is 2.50 bits per heavy atom. The molecule has 0 aromatic heterocycles. The van der Waals surface area contributed by atoms with Gasteiger partial charge in [-0.25, -0.2) is 0 Å². The molecule has 0 aliphatic heterocycles. The first-order valence-corrected chi connectivity index (χ1v) is 8.50. The third-order valence-electron chi connectivity index (χ3n) is 3.34. The number of halogens is 3. The van der Waals surface area contributed by atoms with Crippen LogP contribution < -0.4 is 4.74 Å². The molecule has 0 aliphatic rings. The molecular weight excluding hydrogens is 450 g/mol. The minimum atomic E-state index is -0.228. The van der Waals surface area contributed by atoms with Gasteiger partial charge < -0.3 is 4.74 Å². The van der Waals surface area contributed by atoms with Gasteiger partial charge in [0.1, 0.15) is 5.75 Å². The van der Waals surface area contributed by atoms with Crippen molar-refractivity contribution in [2.45, 2.75) is 19.2 Å². The first-order chi connectivity index (χ1) is 9.47. The number of hydrogen-bond donors (Lipinski definition) is 0. The first-order valence-electron chi connectivity index (χ1n) is 6.19. The molecule has 20 heavy (non-hydrogen) atoms. The predicted octanol–water partition coefficient (Wildman–Crippen LogP) is 6.01. The SMILES string of the molecule is COc1c(C)cc(Br)c(C)c1C(Cl)c1ccccc1I. The largest absolute Gasteiger partial charge is 0.496 e. The molecule has 0 fully saturated rings. The lowest BCUT2D eigenvalue weighted by Gasteiger charge is -2.21. The molecule has 0 heterocycles. The average Bonchev–Trinajstić information content (AvgIpc) is 2.42. The molecule has 0 saturated heterocycles. The van der Waals surface area contributed by atoms with Crippen molar-refractivity contribution >= 4 is 50.1 Å². The number of aryl methyl sites for hydroxylation is 1. The summed E-state index contributed by atoms with van der Waals surface area (Å²) in [5.74, 6) is 0.866. The van der Waals surface area contributed by atoms with Gasteiger partial charge in [0.2, 0.25) is 0 Å². The monoisotopic (exact) mass is 464 g/mol. The van der Waals surface area contributed by atoms with Crippen molar-refractivity contribution in [3.8, 4) is 5.75 Å². The fourth-order valence-corrected chi connectivity index (χ4v) is 4.18. The Morgan fingerprint density at radius 2 is 1.90 bits per heavy atom.